The Morgan fingerprint density at radius 1 is 0.944 bits per heavy atom. The molecule has 0 saturated carbocycles. The van der Waals surface area contributed by atoms with Gasteiger partial charge in [-0.05, 0) is 44.5 Å². The zero-order chi connectivity index (χ0) is 27.4. The minimum atomic E-state index is -4.01. The number of hydrogen-bond acceptors (Lipinski definition) is 4. The molecule has 2 aromatic rings. The molecule has 0 fully saturated rings. The summed E-state index contributed by atoms with van der Waals surface area (Å²) in [6.07, 6.45) is 1.18. The van der Waals surface area contributed by atoms with Gasteiger partial charge < -0.3 is 10.2 Å². The number of nitrogens with zero attached hydrogens (tertiary/aromatic N) is 2. The molecule has 2 aromatic carbocycles. The van der Waals surface area contributed by atoms with E-state index in [1.54, 1.807) is 39.0 Å². The standard InChI is InChI=1S/C23H26Cl5N3O4S/c1-5-20(23(33)29-13(2)3)30(11-14-15(24)7-6-8-16(14)25)22(32)12-31(36(4,34)35)21-10-18(27)17(26)9-19(21)28/h6-10,13,20H,5,11-12H2,1-4H3,(H,29,33)/t20-/m1/s1. The third-order valence-electron chi connectivity index (χ3n) is 5.14. The van der Waals surface area contributed by atoms with Crippen molar-refractivity contribution in [1.82, 2.24) is 10.2 Å². The van der Waals surface area contributed by atoms with E-state index in [0.717, 1.165) is 10.6 Å². The third kappa shape index (κ3) is 7.79. The zero-order valence-electron chi connectivity index (χ0n) is 20.0. The zero-order valence-corrected chi connectivity index (χ0v) is 24.6. The first-order chi connectivity index (χ1) is 16.7. The highest BCUT2D eigenvalue weighted by Crippen LogP contribution is 2.36. The molecule has 0 aliphatic carbocycles. The second-order valence-corrected chi connectivity index (χ2v) is 12.2. The third-order valence-corrected chi connectivity index (χ3v) is 8.00. The average Bonchev–Trinajstić information content (AvgIpc) is 2.75. The van der Waals surface area contributed by atoms with Crippen molar-refractivity contribution in [3.8, 4) is 0 Å². The maximum absolute atomic E-state index is 13.7. The lowest BCUT2D eigenvalue weighted by molar-refractivity contribution is -0.140. The predicted molar refractivity (Wildman–Crippen MR) is 148 cm³/mol. The fourth-order valence-electron chi connectivity index (χ4n) is 3.45. The summed E-state index contributed by atoms with van der Waals surface area (Å²) in [7, 11) is -4.01. The second kappa shape index (κ2) is 12.9. The molecule has 2 amide bonds. The summed E-state index contributed by atoms with van der Waals surface area (Å²) in [5, 5.41) is 3.55. The molecule has 1 atom stereocenters. The van der Waals surface area contributed by atoms with Gasteiger partial charge in [0.25, 0.3) is 0 Å². The Morgan fingerprint density at radius 2 is 1.50 bits per heavy atom. The fraction of sp³-hybridized carbons (Fsp3) is 0.391. The van der Waals surface area contributed by atoms with Crippen molar-refractivity contribution < 1.29 is 18.0 Å². The van der Waals surface area contributed by atoms with E-state index in [4.69, 9.17) is 58.0 Å². The number of hydrogen-bond donors (Lipinski definition) is 1. The van der Waals surface area contributed by atoms with Crippen LogP contribution in [0.1, 0.15) is 32.8 Å². The molecule has 0 saturated heterocycles. The Labute approximate surface area is 236 Å². The van der Waals surface area contributed by atoms with Crippen molar-refractivity contribution in [3.05, 3.63) is 61.0 Å². The molecule has 0 heterocycles. The van der Waals surface area contributed by atoms with Gasteiger partial charge in [-0.25, -0.2) is 8.42 Å². The van der Waals surface area contributed by atoms with Gasteiger partial charge in [-0.1, -0.05) is 71.0 Å². The molecule has 198 valence electrons. The number of sulfonamides is 1. The summed E-state index contributed by atoms with van der Waals surface area (Å²) in [6, 6.07) is 6.31. The van der Waals surface area contributed by atoms with E-state index >= 15 is 0 Å². The van der Waals surface area contributed by atoms with Crippen molar-refractivity contribution >= 4 is 85.5 Å². The van der Waals surface area contributed by atoms with Gasteiger partial charge >= 0.3 is 0 Å². The molecule has 0 aliphatic rings. The smallest absolute Gasteiger partial charge is 0.244 e. The first-order valence-electron chi connectivity index (χ1n) is 10.8. The predicted octanol–water partition coefficient (Wildman–Crippen LogP) is 6.05. The molecule has 36 heavy (non-hydrogen) atoms. The maximum Gasteiger partial charge on any atom is 0.244 e. The highest BCUT2D eigenvalue weighted by Gasteiger charge is 2.33. The Kier molecular flexibility index (Phi) is 11.0. The molecule has 13 heteroatoms. The van der Waals surface area contributed by atoms with Gasteiger partial charge in [-0.3, -0.25) is 13.9 Å². The van der Waals surface area contributed by atoms with Crippen LogP contribution in [0.4, 0.5) is 5.69 Å². The van der Waals surface area contributed by atoms with E-state index < -0.39 is 34.4 Å². The Hall–Kier alpha value is -1.42. The first-order valence-corrected chi connectivity index (χ1v) is 14.6. The molecule has 0 aromatic heterocycles. The monoisotopic (exact) mass is 615 g/mol. The van der Waals surface area contributed by atoms with Crippen molar-refractivity contribution in [1.29, 1.82) is 0 Å². The molecule has 1 N–H and O–H groups in total. The van der Waals surface area contributed by atoms with Crippen LogP contribution < -0.4 is 9.62 Å². The Balaban J connectivity index is 2.57. The van der Waals surface area contributed by atoms with Crippen LogP contribution in [0.25, 0.3) is 0 Å². The van der Waals surface area contributed by atoms with E-state index in [1.807, 2.05) is 0 Å². The minimum Gasteiger partial charge on any atom is -0.352 e. The van der Waals surface area contributed by atoms with Crippen LogP contribution in [0, 0.1) is 0 Å². The van der Waals surface area contributed by atoms with Crippen molar-refractivity contribution in [2.45, 2.75) is 45.8 Å². The molecule has 0 radical (unpaired) electrons. The van der Waals surface area contributed by atoms with E-state index in [0.29, 0.717) is 15.6 Å². The summed E-state index contributed by atoms with van der Waals surface area (Å²) >= 11 is 31.0. The number of amides is 2. The van der Waals surface area contributed by atoms with E-state index in [2.05, 4.69) is 5.32 Å². The molecule has 2 rings (SSSR count). The van der Waals surface area contributed by atoms with Crippen molar-refractivity contribution in [2.24, 2.45) is 0 Å². The van der Waals surface area contributed by atoms with Gasteiger partial charge in [0.2, 0.25) is 21.8 Å². The van der Waals surface area contributed by atoms with Gasteiger partial charge in [0.15, 0.2) is 0 Å². The number of rotatable bonds is 10. The molecule has 0 aliphatic heterocycles. The molecule has 0 bridgehead atoms. The quantitative estimate of drug-likeness (QED) is 0.329. The fourth-order valence-corrected chi connectivity index (χ4v) is 5.52. The summed E-state index contributed by atoms with van der Waals surface area (Å²) in [4.78, 5) is 28.0. The van der Waals surface area contributed by atoms with Crippen LogP contribution in [-0.4, -0.2) is 50.0 Å². The van der Waals surface area contributed by atoms with E-state index in [-0.39, 0.29) is 39.8 Å². The highest BCUT2D eigenvalue weighted by atomic mass is 35.5. The highest BCUT2D eigenvalue weighted by molar-refractivity contribution is 7.92. The summed E-state index contributed by atoms with van der Waals surface area (Å²) in [5.41, 5.74) is 0.390. The van der Waals surface area contributed by atoms with Crippen molar-refractivity contribution in [2.75, 3.05) is 17.1 Å². The Morgan fingerprint density at radius 3 is 2.00 bits per heavy atom. The SMILES string of the molecule is CC[C@H](C(=O)NC(C)C)N(Cc1c(Cl)cccc1Cl)C(=O)CN(c1cc(Cl)c(Cl)cc1Cl)S(C)(=O)=O. The lowest BCUT2D eigenvalue weighted by atomic mass is 10.1. The van der Waals surface area contributed by atoms with E-state index in [9.17, 15) is 18.0 Å². The van der Waals surface area contributed by atoms with Gasteiger partial charge in [0, 0.05) is 28.2 Å². The number of nitrogens with one attached hydrogen (secondary N) is 1. The van der Waals surface area contributed by atoms with Gasteiger partial charge in [0.1, 0.15) is 12.6 Å². The number of halogens is 5. The topological polar surface area (TPSA) is 86.8 Å². The van der Waals surface area contributed by atoms with E-state index in [1.165, 1.54) is 17.0 Å². The normalized spacial score (nSPS) is 12.4. The summed E-state index contributed by atoms with van der Waals surface area (Å²) < 4.78 is 26.3. The van der Waals surface area contributed by atoms with Crippen LogP contribution in [-0.2, 0) is 26.2 Å². The second-order valence-electron chi connectivity index (χ2n) is 8.30. The van der Waals surface area contributed by atoms with Crippen LogP contribution in [0.3, 0.4) is 0 Å². The van der Waals surface area contributed by atoms with Gasteiger partial charge in [0.05, 0.1) is 27.0 Å². The molecule has 0 unspecified atom stereocenters. The van der Waals surface area contributed by atoms with Gasteiger partial charge in [-0.15, -0.1) is 0 Å². The number of carbonyl (C=O) groups excluding carboxylic acids is 2. The minimum absolute atomic E-state index is 0.0204. The number of anilines is 1. The van der Waals surface area contributed by atoms with Crippen LogP contribution in [0.15, 0.2) is 30.3 Å². The maximum atomic E-state index is 13.7. The molecular formula is C23H26Cl5N3O4S. The number of carbonyl (C=O) groups is 2. The lowest BCUT2D eigenvalue weighted by Gasteiger charge is -2.33. The van der Waals surface area contributed by atoms with Gasteiger partial charge in [-0.2, -0.15) is 0 Å². The lowest BCUT2D eigenvalue weighted by Crippen LogP contribution is -2.53. The van der Waals surface area contributed by atoms with Crippen LogP contribution in [0.2, 0.25) is 25.1 Å². The molecule has 0 spiro atoms. The van der Waals surface area contributed by atoms with Crippen LogP contribution >= 0.6 is 58.0 Å². The Bertz CT molecular complexity index is 1220. The molecule has 7 nitrogen and oxygen atoms in total. The van der Waals surface area contributed by atoms with Crippen LogP contribution in [0.5, 0.6) is 0 Å². The average molecular weight is 618 g/mol. The summed E-state index contributed by atoms with van der Waals surface area (Å²) in [6.45, 7) is 4.53. The van der Waals surface area contributed by atoms with Crippen molar-refractivity contribution in [3.63, 3.8) is 0 Å². The molecular weight excluding hydrogens is 592 g/mol. The summed E-state index contributed by atoms with van der Waals surface area (Å²) in [5.74, 6) is -1.08. The number of benzene rings is 2. The first kappa shape index (κ1) is 30.8. The largest absolute Gasteiger partial charge is 0.352 e.